The molecule has 0 saturated carbocycles. The van der Waals surface area contributed by atoms with Crippen molar-refractivity contribution in [2.45, 2.75) is 34.1 Å². The Morgan fingerprint density at radius 2 is 1.35 bits per heavy atom. The summed E-state index contributed by atoms with van der Waals surface area (Å²) < 4.78 is 0. The summed E-state index contributed by atoms with van der Waals surface area (Å²) in [4.78, 5) is 0. The Labute approximate surface area is 277 Å². The van der Waals surface area contributed by atoms with Crippen LogP contribution in [-0.4, -0.2) is 0 Å². The molecule has 0 saturated heterocycles. The summed E-state index contributed by atoms with van der Waals surface area (Å²) in [6.45, 7) is 29.8. The van der Waals surface area contributed by atoms with Crippen molar-refractivity contribution in [2.24, 2.45) is 5.92 Å². The van der Waals surface area contributed by atoms with Gasteiger partial charge in [-0.05, 0) is 104 Å². The van der Waals surface area contributed by atoms with Crippen molar-refractivity contribution in [3.8, 4) is 22.3 Å². The molecule has 0 aliphatic rings. The van der Waals surface area contributed by atoms with Crippen molar-refractivity contribution < 1.29 is 0 Å². The molecule has 0 aromatic heterocycles. The number of rotatable bonds is 13. The van der Waals surface area contributed by atoms with Gasteiger partial charge in [0, 0.05) is 0 Å². The van der Waals surface area contributed by atoms with Gasteiger partial charge in [-0.3, -0.25) is 0 Å². The van der Waals surface area contributed by atoms with Crippen LogP contribution in [0.1, 0.15) is 61.9 Å². The SMILES string of the molecule is C=C/C=C\C=C(\c1ccc(-c2c(C=C)c(C=C)c(-c3cccc(C(=C)/C(C)=C/C=C\C)c3C=C)c3ccccc23)cc1)[C@H](C)CC. The zero-order valence-corrected chi connectivity index (χ0v) is 27.9. The minimum absolute atomic E-state index is 0.435. The predicted molar refractivity (Wildman–Crippen MR) is 209 cm³/mol. The molecule has 230 valence electrons. The summed E-state index contributed by atoms with van der Waals surface area (Å²) in [5, 5.41) is 2.32. The Morgan fingerprint density at radius 3 is 1.93 bits per heavy atom. The van der Waals surface area contributed by atoms with Gasteiger partial charge in [0.2, 0.25) is 0 Å². The molecule has 0 aliphatic heterocycles. The van der Waals surface area contributed by atoms with Crippen molar-refractivity contribution in [1.82, 2.24) is 0 Å². The van der Waals surface area contributed by atoms with Crippen LogP contribution in [0.4, 0.5) is 0 Å². The van der Waals surface area contributed by atoms with Crippen LogP contribution in [0.2, 0.25) is 0 Å². The van der Waals surface area contributed by atoms with E-state index in [9.17, 15) is 0 Å². The van der Waals surface area contributed by atoms with E-state index in [4.69, 9.17) is 0 Å². The normalized spacial score (nSPS) is 12.9. The maximum absolute atomic E-state index is 4.47. The molecule has 0 nitrogen and oxygen atoms in total. The molecule has 0 spiro atoms. The highest BCUT2D eigenvalue weighted by Crippen LogP contribution is 2.45. The molecule has 0 N–H and O–H groups in total. The second kappa shape index (κ2) is 15.7. The molecule has 0 radical (unpaired) electrons. The lowest BCUT2D eigenvalue weighted by molar-refractivity contribution is 0.718. The Morgan fingerprint density at radius 1 is 0.717 bits per heavy atom. The maximum Gasteiger partial charge on any atom is -0.00204 e. The molecule has 0 aliphatic carbocycles. The number of hydrogen-bond donors (Lipinski definition) is 0. The molecule has 0 amide bonds. The lowest BCUT2D eigenvalue weighted by Crippen LogP contribution is -2.00. The van der Waals surface area contributed by atoms with E-state index in [0.717, 1.165) is 67.5 Å². The predicted octanol–water partition coefficient (Wildman–Crippen LogP) is 13.8. The second-order valence-corrected chi connectivity index (χ2v) is 11.5. The fourth-order valence-corrected chi connectivity index (χ4v) is 6.16. The summed E-state index contributed by atoms with van der Waals surface area (Å²) in [5.41, 5.74) is 13.4. The standard InChI is InChI=1S/C46H46/c1-10-16-18-23-40(32(7)12-3)35-28-30-36(31-29-35)45-38(14-5)39(15-6)46(44-25-20-19-24-43(44)45)42-27-21-26-41(37(42)13-4)34(9)33(8)22-17-11-2/h10-11,13-32H,1,4-6,9,12H2,2-3,7-8H3/b17-11-,18-16-,33-22+,40-23+/t32-/m1/s1. The van der Waals surface area contributed by atoms with Gasteiger partial charge in [-0.15, -0.1) is 0 Å². The van der Waals surface area contributed by atoms with Crippen LogP contribution in [-0.2, 0) is 0 Å². The van der Waals surface area contributed by atoms with Crippen LogP contribution >= 0.6 is 0 Å². The van der Waals surface area contributed by atoms with Crippen molar-refractivity contribution in [3.63, 3.8) is 0 Å². The molecule has 0 heterocycles. The van der Waals surface area contributed by atoms with Gasteiger partial charge >= 0.3 is 0 Å². The molecule has 0 heteroatoms. The van der Waals surface area contributed by atoms with E-state index in [1.807, 2.05) is 49.5 Å². The van der Waals surface area contributed by atoms with E-state index >= 15 is 0 Å². The second-order valence-electron chi connectivity index (χ2n) is 11.5. The third-order valence-corrected chi connectivity index (χ3v) is 8.80. The summed E-state index contributed by atoms with van der Waals surface area (Å²) in [6.07, 6.45) is 21.2. The van der Waals surface area contributed by atoms with Gasteiger partial charge in [-0.2, -0.15) is 0 Å². The zero-order chi connectivity index (χ0) is 33.2. The molecule has 46 heavy (non-hydrogen) atoms. The quantitative estimate of drug-likeness (QED) is 0.134. The van der Waals surface area contributed by atoms with Crippen LogP contribution in [0, 0.1) is 5.92 Å². The Balaban J connectivity index is 2.01. The van der Waals surface area contributed by atoms with E-state index in [1.165, 1.54) is 16.5 Å². The summed E-state index contributed by atoms with van der Waals surface area (Å²) in [5.74, 6) is 0.435. The first kappa shape index (κ1) is 33.7. The number of allylic oxidation sites excluding steroid dienone is 10. The fraction of sp³-hybridized carbons (Fsp3) is 0.130. The highest BCUT2D eigenvalue weighted by atomic mass is 14.2. The van der Waals surface area contributed by atoms with E-state index in [-0.39, 0.29) is 0 Å². The van der Waals surface area contributed by atoms with Gasteiger partial charge < -0.3 is 0 Å². The van der Waals surface area contributed by atoms with Gasteiger partial charge in [0.1, 0.15) is 0 Å². The Hall–Kier alpha value is -5.20. The Bertz CT molecular complexity index is 1910. The van der Waals surface area contributed by atoms with Crippen molar-refractivity contribution >= 4 is 40.1 Å². The Kier molecular flexibility index (Phi) is 11.5. The lowest BCUT2D eigenvalue weighted by atomic mass is 9.80. The van der Waals surface area contributed by atoms with Gasteiger partial charge in [0.25, 0.3) is 0 Å². The monoisotopic (exact) mass is 598 g/mol. The van der Waals surface area contributed by atoms with Gasteiger partial charge in [0.05, 0.1) is 0 Å². The van der Waals surface area contributed by atoms with Crippen LogP contribution in [0.3, 0.4) is 0 Å². The first-order valence-corrected chi connectivity index (χ1v) is 16.0. The third kappa shape index (κ3) is 6.72. The number of benzene rings is 4. The maximum atomic E-state index is 4.47. The molecule has 4 aromatic carbocycles. The van der Waals surface area contributed by atoms with Crippen molar-refractivity contribution in [2.75, 3.05) is 0 Å². The highest BCUT2D eigenvalue weighted by Gasteiger charge is 2.21. The fourth-order valence-electron chi connectivity index (χ4n) is 6.16. The van der Waals surface area contributed by atoms with E-state index < -0.39 is 0 Å². The number of fused-ring (bicyclic) bond motifs is 1. The van der Waals surface area contributed by atoms with E-state index in [1.54, 1.807) is 0 Å². The minimum Gasteiger partial charge on any atom is -0.0991 e. The van der Waals surface area contributed by atoms with Gasteiger partial charge in [-0.1, -0.05) is 174 Å². The highest BCUT2D eigenvalue weighted by molar-refractivity contribution is 6.12. The van der Waals surface area contributed by atoms with Gasteiger partial charge in [0.15, 0.2) is 0 Å². The molecule has 1 atom stereocenters. The largest absolute Gasteiger partial charge is 0.0991 e. The molecule has 0 fully saturated rings. The van der Waals surface area contributed by atoms with Crippen LogP contribution < -0.4 is 0 Å². The van der Waals surface area contributed by atoms with Gasteiger partial charge in [-0.25, -0.2) is 0 Å². The first-order chi connectivity index (χ1) is 22.4. The third-order valence-electron chi connectivity index (χ3n) is 8.80. The molecule has 4 rings (SSSR count). The average Bonchev–Trinajstić information content (AvgIpc) is 3.10. The van der Waals surface area contributed by atoms with Crippen molar-refractivity contribution in [1.29, 1.82) is 0 Å². The van der Waals surface area contributed by atoms with E-state index in [2.05, 4.69) is 139 Å². The smallest absolute Gasteiger partial charge is 0.00204 e. The molecular formula is C46H46. The summed E-state index contributed by atoms with van der Waals surface area (Å²) >= 11 is 0. The van der Waals surface area contributed by atoms with Crippen LogP contribution in [0.25, 0.3) is 62.4 Å². The number of hydrogen-bond acceptors (Lipinski definition) is 0. The van der Waals surface area contributed by atoms with Crippen molar-refractivity contribution in [3.05, 3.63) is 176 Å². The topological polar surface area (TPSA) is 0 Å². The average molecular weight is 599 g/mol. The molecule has 0 unspecified atom stereocenters. The zero-order valence-electron chi connectivity index (χ0n) is 27.9. The minimum atomic E-state index is 0.435. The summed E-state index contributed by atoms with van der Waals surface area (Å²) in [7, 11) is 0. The van der Waals surface area contributed by atoms with Crippen LogP contribution in [0.5, 0.6) is 0 Å². The lowest BCUT2D eigenvalue weighted by Gasteiger charge is -2.23. The van der Waals surface area contributed by atoms with E-state index in [0.29, 0.717) is 5.92 Å². The van der Waals surface area contributed by atoms with Crippen LogP contribution in [0.15, 0.2) is 148 Å². The molecular weight excluding hydrogens is 553 g/mol. The first-order valence-electron chi connectivity index (χ1n) is 16.0. The molecule has 0 bridgehead atoms. The summed E-state index contributed by atoms with van der Waals surface area (Å²) in [6, 6.07) is 24.0. The molecule has 4 aromatic rings.